The van der Waals surface area contributed by atoms with E-state index in [1.807, 2.05) is 171 Å². The largest absolute Gasteiger partial charge is 0.340 e. The van der Waals surface area contributed by atoms with E-state index in [0.29, 0.717) is 50.8 Å². The molecule has 77 heavy (non-hydrogen) atoms. The minimum Gasteiger partial charge on any atom is -0.309 e. The molecule has 0 N–H and O–H groups in total. The van der Waals surface area contributed by atoms with Crippen molar-refractivity contribution >= 4 is 102 Å². The van der Waals surface area contributed by atoms with Gasteiger partial charge in [0, 0.05) is 49.5 Å². The van der Waals surface area contributed by atoms with Gasteiger partial charge in [0.05, 0.1) is 33.4 Å². The number of nitrogens with zero attached hydrogens (tertiary/aromatic N) is 5. The van der Waals surface area contributed by atoms with Gasteiger partial charge in [-0.3, -0.25) is 4.90 Å². The average Bonchev–Trinajstić information content (AvgIpc) is 4.15. The Morgan fingerprint density at radius 3 is 1.21 bits per heavy atom. The molecule has 3 aliphatic rings. The summed E-state index contributed by atoms with van der Waals surface area (Å²) < 4.78 is 72.6. The molecule has 0 aliphatic carbocycles. The molecule has 11 aromatic rings. The van der Waals surface area contributed by atoms with E-state index in [4.69, 9.17) is 0 Å². The molecule has 0 atom stereocenters. The summed E-state index contributed by atoms with van der Waals surface area (Å²) in [5.74, 6) is 1.20. The second-order valence-electron chi connectivity index (χ2n) is 21.6. The van der Waals surface area contributed by atoms with Crippen LogP contribution >= 0.6 is 0 Å². The molecule has 3 aliphatic heterocycles. The van der Waals surface area contributed by atoms with Crippen LogP contribution in [0, 0.1) is 37.1 Å². The Hall–Kier alpha value is -9.02. The van der Waals surface area contributed by atoms with Crippen LogP contribution in [0.15, 0.2) is 206 Å². The van der Waals surface area contributed by atoms with Crippen LogP contribution in [0.4, 0.5) is 39.4 Å². The molecule has 0 saturated carbocycles. The van der Waals surface area contributed by atoms with Crippen molar-refractivity contribution in [3.63, 3.8) is 0 Å². The molecular weight excluding hydrogens is 964 g/mol. The van der Waals surface area contributed by atoms with Crippen LogP contribution in [0.5, 0.6) is 0 Å². The maximum absolute atomic E-state index is 17.1. The lowest BCUT2D eigenvalue weighted by atomic mass is 9.34. The van der Waals surface area contributed by atoms with Gasteiger partial charge in [-0.1, -0.05) is 130 Å². The summed E-state index contributed by atoms with van der Waals surface area (Å²) in [6.07, 6.45) is 0. The zero-order valence-electron chi connectivity index (χ0n) is 42.8. The lowest BCUT2D eigenvalue weighted by molar-refractivity contribution is 0.253. The SMILES string of the molecule is Cc1cc(F)c(B2C=C3N4C(=CB(c5c(F)cc(C)cc5F)c5cc(C(C)(C)C)cc2c54)N(c2cccc4c2c2ccccc2n4-c2ccccc2)C(=O)N3c2cccc3c2c2ccccc2n3-c2ccccc2)c(F)c1. The number of rotatable bonds is 6. The molecule has 0 radical (unpaired) electrons. The summed E-state index contributed by atoms with van der Waals surface area (Å²) in [4.78, 5) is 22.4. The van der Waals surface area contributed by atoms with Crippen molar-refractivity contribution < 1.29 is 22.4 Å². The number of amides is 2. The number of carbonyl (C=O) groups is 1. The van der Waals surface area contributed by atoms with E-state index < -0.39 is 48.1 Å². The molecule has 9 aromatic carbocycles. The van der Waals surface area contributed by atoms with Crippen LogP contribution in [-0.2, 0) is 5.41 Å². The molecular formula is C65H47B2F4N5O. The first-order valence-corrected chi connectivity index (χ1v) is 25.9. The van der Waals surface area contributed by atoms with Crippen molar-refractivity contribution in [2.24, 2.45) is 0 Å². The highest BCUT2D eigenvalue weighted by molar-refractivity contribution is 6.95. The first-order chi connectivity index (χ1) is 37.3. The number of halogens is 4. The smallest absolute Gasteiger partial charge is 0.309 e. The normalized spacial score (nSPS) is 14.4. The molecule has 12 heteroatoms. The molecule has 0 unspecified atom stereocenters. The monoisotopic (exact) mass is 1010 g/mol. The first-order valence-electron chi connectivity index (χ1n) is 25.9. The number of aromatic nitrogens is 2. The zero-order chi connectivity index (χ0) is 52.8. The average molecular weight is 1010 g/mol. The van der Waals surface area contributed by atoms with Crippen molar-refractivity contribution in [1.82, 2.24) is 9.13 Å². The van der Waals surface area contributed by atoms with E-state index in [0.717, 1.165) is 60.5 Å². The van der Waals surface area contributed by atoms with Crippen molar-refractivity contribution in [3.8, 4) is 11.4 Å². The standard InChI is InChI=1S/C65H47B2F4N5O/c1-38-30-47(68)61(48(69)31-38)66-36-57-74(55-28-16-26-53-59(55)43-22-12-14-24-51(43)72(53)41-18-8-6-9-19-41)64(77)75(56-29-17-27-54-60(56)44-23-13-15-25-52(44)73(54)42-20-10-7-11-21-42)58-37-67(62-49(70)32-39(2)33-50(62)71)46-35-40(65(3,4)5)34-45(66)63(46)76(57)58/h6-37H,1-5H3. The van der Waals surface area contributed by atoms with Gasteiger partial charge in [0.2, 0.25) is 13.4 Å². The van der Waals surface area contributed by atoms with Crippen molar-refractivity contribution in [2.75, 3.05) is 14.7 Å². The van der Waals surface area contributed by atoms with Crippen molar-refractivity contribution in [3.05, 3.63) is 246 Å². The van der Waals surface area contributed by atoms with Gasteiger partial charge in [-0.2, -0.15) is 0 Å². The molecule has 372 valence electrons. The number of hydrogen-bond donors (Lipinski definition) is 0. The topological polar surface area (TPSA) is 36.6 Å². The molecule has 1 fully saturated rings. The van der Waals surface area contributed by atoms with Gasteiger partial charge in [0.15, 0.2) is 0 Å². The third-order valence-corrected chi connectivity index (χ3v) is 15.8. The maximum Gasteiger partial charge on any atom is 0.340 e. The quantitative estimate of drug-likeness (QED) is 0.123. The second kappa shape index (κ2) is 17.0. The number of anilines is 3. The van der Waals surface area contributed by atoms with Gasteiger partial charge in [0.1, 0.15) is 34.9 Å². The van der Waals surface area contributed by atoms with Crippen LogP contribution < -0.4 is 36.6 Å². The molecule has 5 heterocycles. The molecule has 2 amide bonds. The van der Waals surface area contributed by atoms with Gasteiger partial charge in [-0.15, -0.1) is 0 Å². The van der Waals surface area contributed by atoms with Crippen LogP contribution in [0.3, 0.4) is 0 Å². The number of aryl methyl sites for hydroxylation is 2. The first kappa shape index (κ1) is 46.5. The van der Waals surface area contributed by atoms with Gasteiger partial charge >= 0.3 is 6.03 Å². The van der Waals surface area contributed by atoms with Crippen LogP contribution in [-0.4, -0.2) is 28.6 Å². The number of fused-ring (bicyclic) bond motifs is 6. The van der Waals surface area contributed by atoms with Crippen LogP contribution in [0.2, 0.25) is 0 Å². The summed E-state index contributed by atoms with van der Waals surface area (Å²) in [7, 11) is 0. The summed E-state index contributed by atoms with van der Waals surface area (Å²) >= 11 is 0. The molecule has 6 nitrogen and oxygen atoms in total. The number of hydrogen-bond acceptors (Lipinski definition) is 2. The Balaban J connectivity index is 1.15. The van der Waals surface area contributed by atoms with Gasteiger partial charge in [-0.25, -0.2) is 32.2 Å². The molecule has 0 spiro atoms. The second-order valence-corrected chi connectivity index (χ2v) is 21.6. The fraction of sp³-hybridized carbons (Fsp3) is 0.0923. The minimum absolute atomic E-state index is 0.205. The molecule has 0 bridgehead atoms. The number of para-hydroxylation sites is 4. The number of urea groups is 1. The van der Waals surface area contributed by atoms with E-state index in [-0.39, 0.29) is 10.9 Å². The lowest BCUT2D eigenvalue weighted by Gasteiger charge is -2.52. The van der Waals surface area contributed by atoms with E-state index >= 15 is 22.4 Å². The predicted molar refractivity (Wildman–Crippen MR) is 308 cm³/mol. The lowest BCUT2D eigenvalue weighted by Crippen LogP contribution is -2.66. The van der Waals surface area contributed by atoms with Gasteiger partial charge < -0.3 is 9.13 Å². The maximum atomic E-state index is 17.1. The summed E-state index contributed by atoms with van der Waals surface area (Å²) in [6, 6.07) is 56.7. The van der Waals surface area contributed by atoms with Gasteiger partial charge in [-0.05, 0) is 132 Å². The minimum atomic E-state index is -1.12. The third-order valence-electron chi connectivity index (χ3n) is 15.8. The highest BCUT2D eigenvalue weighted by Gasteiger charge is 2.51. The summed E-state index contributed by atoms with van der Waals surface area (Å²) in [5, 5.41) is 3.28. The summed E-state index contributed by atoms with van der Waals surface area (Å²) in [5.41, 5.74) is 8.53. The Morgan fingerprint density at radius 1 is 0.429 bits per heavy atom. The molecule has 2 aromatic heterocycles. The van der Waals surface area contributed by atoms with Crippen molar-refractivity contribution in [2.45, 2.75) is 40.0 Å². The Morgan fingerprint density at radius 2 is 0.805 bits per heavy atom. The third kappa shape index (κ3) is 6.86. The fourth-order valence-electron chi connectivity index (χ4n) is 12.5. The van der Waals surface area contributed by atoms with E-state index in [1.165, 1.54) is 24.3 Å². The summed E-state index contributed by atoms with van der Waals surface area (Å²) in [6.45, 7) is 7.18. The molecule has 1 saturated heterocycles. The fourth-order valence-corrected chi connectivity index (χ4v) is 12.5. The molecule has 14 rings (SSSR count). The van der Waals surface area contributed by atoms with Crippen LogP contribution in [0.1, 0.15) is 37.5 Å². The van der Waals surface area contributed by atoms with E-state index in [1.54, 1.807) is 35.6 Å². The Labute approximate surface area is 443 Å². The van der Waals surface area contributed by atoms with Crippen molar-refractivity contribution in [1.29, 1.82) is 0 Å². The van der Waals surface area contributed by atoms with E-state index in [2.05, 4.69) is 21.3 Å². The van der Waals surface area contributed by atoms with E-state index in [9.17, 15) is 0 Å². The highest BCUT2D eigenvalue weighted by Crippen LogP contribution is 2.49. The number of benzene rings is 9. The number of carbonyl (C=O) groups excluding carboxylic acids is 1. The van der Waals surface area contributed by atoms with Crippen LogP contribution in [0.25, 0.3) is 55.0 Å². The Bertz CT molecular complexity index is 4090. The zero-order valence-corrected chi connectivity index (χ0v) is 42.8. The highest BCUT2D eigenvalue weighted by atomic mass is 19.1. The predicted octanol–water partition coefficient (Wildman–Crippen LogP) is 13.3. The van der Waals surface area contributed by atoms with Gasteiger partial charge in [0.25, 0.3) is 0 Å². The Kier molecular flexibility index (Phi) is 10.3.